The van der Waals surface area contributed by atoms with Gasteiger partial charge in [-0.25, -0.2) is 14.8 Å². The van der Waals surface area contributed by atoms with Crippen LogP contribution in [0.4, 0.5) is 10.1 Å². The van der Waals surface area contributed by atoms with E-state index in [-0.39, 0.29) is 29.1 Å². The van der Waals surface area contributed by atoms with Crippen molar-refractivity contribution in [2.24, 2.45) is 0 Å². The van der Waals surface area contributed by atoms with Crippen LogP contribution in [0, 0.1) is 22.9 Å². The Morgan fingerprint density at radius 2 is 1.93 bits per heavy atom. The summed E-state index contributed by atoms with van der Waals surface area (Å²) in [6.07, 6.45) is 2.94. The summed E-state index contributed by atoms with van der Waals surface area (Å²) in [5.74, 6) is -0.582. The lowest BCUT2D eigenvalue weighted by Crippen LogP contribution is -2.12. The molecule has 0 amide bonds. The first-order valence-corrected chi connectivity index (χ1v) is 8.87. The zero-order valence-corrected chi connectivity index (χ0v) is 15.7. The zero-order valence-electron chi connectivity index (χ0n) is 15.7. The van der Waals surface area contributed by atoms with Crippen molar-refractivity contribution in [2.45, 2.75) is 13.3 Å². The van der Waals surface area contributed by atoms with Crippen molar-refractivity contribution < 1.29 is 18.5 Å². The molecule has 30 heavy (non-hydrogen) atoms. The lowest BCUT2D eigenvalue weighted by Gasteiger charge is -2.10. The first-order chi connectivity index (χ1) is 14.4. The Kier molecular flexibility index (Phi) is 4.93. The van der Waals surface area contributed by atoms with Crippen molar-refractivity contribution in [3.05, 3.63) is 97.9 Å². The van der Waals surface area contributed by atoms with Crippen molar-refractivity contribution in [1.29, 1.82) is 0 Å². The highest BCUT2D eigenvalue weighted by Crippen LogP contribution is 2.28. The third-order valence-corrected chi connectivity index (χ3v) is 4.63. The SMILES string of the molecule is Cc1c(Cc2cccc([N+](=O)[O-])c2F)c(=O)oc2cc(Oc3ncccn3)ccc12. The van der Waals surface area contributed by atoms with E-state index < -0.39 is 22.1 Å². The van der Waals surface area contributed by atoms with E-state index in [0.717, 1.165) is 6.07 Å². The number of fused-ring (bicyclic) bond motifs is 1. The van der Waals surface area contributed by atoms with Crippen LogP contribution in [-0.4, -0.2) is 14.9 Å². The second-order valence-corrected chi connectivity index (χ2v) is 6.47. The highest BCUT2D eigenvalue weighted by molar-refractivity contribution is 5.82. The lowest BCUT2D eigenvalue weighted by atomic mass is 9.99. The Morgan fingerprint density at radius 1 is 1.17 bits per heavy atom. The third-order valence-electron chi connectivity index (χ3n) is 4.63. The Labute approximate surface area is 168 Å². The van der Waals surface area contributed by atoms with Gasteiger partial charge in [0.15, 0.2) is 0 Å². The molecule has 0 fully saturated rings. The molecule has 0 bridgehead atoms. The van der Waals surface area contributed by atoms with E-state index >= 15 is 0 Å². The first kappa shape index (κ1) is 19.2. The number of aryl methyl sites for hydroxylation is 1. The van der Waals surface area contributed by atoms with Crippen molar-refractivity contribution >= 4 is 16.7 Å². The van der Waals surface area contributed by atoms with Crippen LogP contribution in [0.3, 0.4) is 0 Å². The van der Waals surface area contributed by atoms with Crippen LogP contribution in [-0.2, 0) is 6.42 Å². The van der Waals surface area contributed by atoms with E-state index in [1.54, 1.807) is 25.1 Å². The smallest absolute Gasteiger partial charge is 0.340 e. The van der Waals surface area contributed by atoms with Crippen molar-refractivity contribution in [3.63, 3.8) is 0 Å². The number of nitro groups is 1. The molecule has 0 atom stereocenters. The summed E-state index contributed by atoms with van der Waals surface area (Å²) >= 11 is 0. The Hall–Kier alpha value is -4.14. The predicted molar refractivity (Wildman–Crippen MR) is 105 cm³/mol. The van der Waals surface area contributed by atoms with Gasteiger partial charge in [0.1, 0.15) is 11.3 Å². The fourth-order valence-corrected chi connectivity index (χ4v) is 3.12. The number of nitro benzene ring substituents is 1. The van der Waals surface area contributed by atoms with Gasteiger partial charge in [-0.1, -0.05) is 12.1 Å². The number of benzene rings is 2. The molecule has 0 radical (unpaired) electrons. The molecule has 0 N–H and O–H groups in total. The number of hydrogen-bond donors (Lipinski definition) is 0. The van der Waals surface area contributed by atoms with Crippen LogP contribution in [0.2, 0.25) is 0 Å². The maximum Gasteiger partial charge on any atom is 0.340 e. The summed E-state index contributed by atoms with van der Waals surface area (Å²) < 4.78 is 25.4. The van der Waals surface area contributed by atoms with E-state index in [2.05, 4.69) is 9.97 Å². The van der Waals surface area contributed by atoms with Crippen LogP contribution in [0.25, 0.3) is 11.0 Å². The van der Waals surface area contributed by atoms with Crippen molar-refractivity contribution in [2.75, 3.05) is 0 Å². The number of rotatable bonds is 5. The Bertz CT molecular complexity index is 1320. The molecular formula is C21H14FN3O5. The summed E-state index contributed by atoms with van der Waals surface area (Å²) in [7, 11) is 0. The van der Waals surface area contributed by atoms with Gasteiger partial charge in [0, 0.05) is 41.9 Å². The largest absolute Gasteiger partial charge is 0.424 e. The van der Waals surface area contributed by atoms with Crippen LogP contribution in [0.15, 0.2) is 64.1 Å². The molecule has 150 valence electrons. The molecule has 2 aromatic heterocycles. The van der Waals surface area contributed by atoms with E-state index in [0.29, 0.717) is 16.7 Å². The van der Waals surface area contributed by atoms with Gasteiger partial charge in [0.05, 0.1) is 4.92 Å². The summed E-state index contributed by atoms with van der Waals surface area (Å²) in [5.41, 5.74) is -0.148. The maximum absolute atomic E-state index is 14.4. The third kappa shape index (κ3) is 3.60. The Morgan fingerprint density at radius 3 is 2.67 bits per heavy atom. The van der Waals surface area contributed by atoms with E-state index in [9.17, 15) is 19.3 Å². The molecule has 0 aliphatic rings. The minimum Gasteiger partial charge on any atom is -0.424 e. The summed E-state index contributed by atoms with van der Waals surface area (Å²) in [5, 5.41) is 11.6. The van der Waals surface area contributed by atoms with Gasteiger partial charge in [0.25, 0.3) is 0 Å². The second-order valence-electron chi connectivity index (χ2n) is 6.47. The van der Waals surface area contributed by atoms with Gasteiger partial charge in [0.2, 0.25) is 5.82 Å². The molecule has 4 rings (SSSR count). The quantitative estimate of drug-likeness (QED) is 0.275. The van der Waals surface area contributed by atoms with Crippen molar-refractivity contribution in [3.8, 4) is 11.8 Å². The molecular weight excluding hydrogens is 393 g/mol. The first-order valence-electron chi connectivity index (χ1n) is 8.87. The topological polar surface area (TPSA) is 108 Å². The molecule has 0 saturated carbocycles. The minimum atomic E-state index is -0.965. The van der Waals surface area contributed by atoms with Crippen molar-refractivity contribution in [1.82, 2.24) is 9.97 Å². The van der Waals surface area contributed by atoms with Crippen LogP contribution < -0.4 is 10.4 Å². The fourth-order valence-electron chi connectivity index (χ4n) is 3.12. The van der Waals surface area contributed by atoms with Crippen LogP contribution in [0.5, 0.6) is 11.8 Å². The molecule has 9 heteroatoms. The lowest BCUT2D eigenvalue weighted by molar-refractivity contribution is -0.387. The normalized spacial score (nSPS) is 10.9. The second kappa shape index (κ2) is 7.70. The molecule has 0 saturated heterocycles. The highest BCUT2D eigenvalue weighted by atomic mass is 19.1. The molecule has 0 unspecified atom stereocenters. The summed E-state index contributed by atoms with van der Waals surface area (Å²) in [6.45, 7) is 1.71. The summed E-state index contributed by atoms with van der Waals surface area (Å²) in [4.78, 5) is 30.7. The Balaban J connectivity index is 1.72. The number of ether oxygens (including phenoxy) is 1. The monoisotopic (exact) mass is 407 g/mol. The number of hydrogen-bond acceptors (Lipinski definition) is 7. The number of aromatic nitrogens is 2. The standard InChI is InChI=1S/C21H14FN3O5/c1-12-15-7-6-14(29-21-23-8-3-9-24-21)11-18(15)30-20(26)16(12)10-13-4-2-5-17(19(13)22)25(27)28/h2-9,11H,10H2,1H3. The van der Waals surface area contributed by atoms with Crippen LogP contribution in [0.1, 0.15) is 16.7 Å². The fraction of sp³-hybridized carbons (Fsp3) is 0.0952. The number of nitrogens with zero attached hydrogens (tertiary/aromatic N) is 3. The maximum atomic E-state index is 14.4. The van der Waals surface area contributed by atoms with Gasteiger partial charge in [-0.3, -0.25) is 10.1 Å². The molecule has 8 nitrogen and oxygen atoms in total. The molecule has 0 aliphatic heterocycles. The summed E-state index contributed by atoms with van der Waals surface area (Å²) in [6, 6.07) is 10.6. The average Bonchev–Trinajstić information content (AvgIpc) is 2.72. The van der Waals surface area contributed by atoms with Gasteiger partial charge in [-0.2, -0.15) is 4.39 Å². The molecule has 0 aliphatic carbocycles. The molecule has 2 heterocycles. The number of halogens is 1. The average molecular weight is 407 g/mol. The molecule has 0 spiro atoms. The minimum absolute atomic E-state index is 0.0418. The zero-order chi connectivity index (χ0) is 21.3. The van der Waals surface area contributed by atoms with Gasteiger partial charge >= 0.3 is 17.3 Å². The molecule has 4 aromatic rings. The highest BCUT2D eigenvalue weighted by Gasteiger charge is 2.20. The van der Waals surface area contributed by atoms with E-state index in [4.69, 9.17) is 9.15 Å². The van der Waals surface area contributed by atoms with Gasteiger partial charge in [-0.05, 0) is 36.2 Å². The van der Waals surface area contributed by atoms with Gasteiger partial charge < -0.3 is 9.15 Å². The van der Waals surface area contributed by atoms with Gasteiger partial charge in [-0.15, -0.1) is 0 Å². The van der Waals surface area contributed by atoms with E-state index in [1.165, 1.54) is 30.6 Å². The predicted octanol–water partition coefficient (Wildman–Crippen LogP) is 4.32. The molecule has 2 aromatic carbocycles. The van der Waals surface area contributed by atoms with Crippen LogP contribution >= 0.6 is 0 Å². The van der Waals surface area contributed by atoms with E-state index in [1.807, 2.05) is 0 Å².